The summed E-state index contributed by atoms with van der Waals surface area (Å²) in [7, 11) is 6.24. The van der Waals surface area contributed by atoms with Crippen LogP contribution in [0.15, 0.2) is 97.1 Å². The molecular formula is C39H44N2O8. The predicted octanol–water partition coefficient (Wildman–Crippen LogP) is 4.68. The lowest BCUT2D eigenvalue weighted by molar-refractivity contribution is -0.139. The average molecular weight is 669 g/mol. The summed E-state index contributed by atoms with van der Waals surface area (Å²) in [6.45, 7) is 3.41. The molecule has 1 aliphatic carbocycles. The molecule has 2 unspecified atom stereocenters. The first-order valence-electron chi connectivity index (χ1n) is 16.1. The van der Waals surface area contributed by atoms with Gasteiger partial charge in [-0.3, -0.25) is 9.59 Å². The van der Waals surface area contributed by atoms with Crippen molar-refractivity contribution in [2.24, 2.45) is 5.41 Å². The molecule has 4 aromatic carbocycles. The smallest absolute Gasteiger partial charge is 0.236 e. The van der Waals surface area contributed by atoms with Crippen LogP contribution in [0, 0.1) is 5.41 Å². The van der Waals surface area contributed by atoms with Crippen LogP contribution >= 0.6 is 0 Å². The molecule has 0 heterocycles. The van der Waals surface area contributed by atoms with Crippen LogP contribution in [0.4, 0.5) is 0 Å². The van der Waals surface area contributed by atoms with E-state index < -0.39 is 40.5 Å². The number of nitrogens with one attached hydrogen (secondary N) is 2. The molecular weight excluding hydrogens is 624 g/mol. The Morgan fingerprint density at radius 1 is 0.531 bits per heavy atom. The van der Waals surface area contributed by atoms with Gasteiger partial charge >= 0.3 is 0 Å². The second-order valence-electron chi connectivity index (χ2n) is 12.4. The highest BCUT2D eigenvalue weighted by Crippen LogP contribution is 2.47. The maximum Gasteiger partial charge on any atom is 0.236 e. The van der Waals surface area contributed by atoms with E-state index in [9.17, 15) is 19.8 Å². The number of methoxy groups -OCH3 is 4. The quantitative estimate of drug-likeness (QED) is 0.142. The predicted molar refractivity (Wildman–Crippen MR) is 185 cm³/mol. The third-order valence-corrected chi connectivity index (χ3v) is 9.69. The van der Waals surface area contributed by atoms with E-state index in [2.05, 4.69) is 10.6 Å². The highest BCUT2D eigenvalue weighted by Gasteiger charge is 2.58. The fraction of sp³-hybridized carbons (Fsp3) is 0.333. The minimum atomic E-state index is -1.67. The molecule has 4 N–H and O–H groups in total. The monoisotopic (exact) mass is 668 g/mol. The second-order valence-corrected chi connectivity index (χ2v) is 12.4. The molecule has 5 rings (SSSR count). The summed E-state index contributed by atoms with van der Waals surface area (Å²) in [6.07, 6.45) is 0.633. The van der Waals surface area contributed by atoms with E-state index in [4.69, 9.17) is 18.9 Å². The number of ether oxygens (including phenoxy) is 4. The Morgan fingerprint density at radius 3 is 0.939 bits per heavy atom. The van der Waals surface area contributed by atoms with Crippen LogP contribution in [0.25, 0.3) is 0 Å². The minimum Gasteiger partial charge on any atom is -0.497 e. The summed E-state index contributed by atoms with van der Waals surface area (Å²) in [6, 6.07) is 26.1. The lowest BCUT2D eigenvalue weighted by atomic mass is 9.80. The molecule has 0 bridgehead atoms. The maximum atomic E-state index is 14.0. The van der Waals surface area contributed by atoms with Crippen molar-refractivity contribution in [2.45, 2.75) is 50.0 Å². The summed E-state index contributed by atoms with van der Waals surface area (Å²) in [5.41, 5.74) is -2.61. The molecule has 10 heteroatoms. The van der Waals surface area contributed by atoms with E-state index in [0.717, 1.165) is 0 Å². The number of amides is 2. The Bertz CT molecular complexity index is 1510. The highest BCUT2D eigenvalue weighted by molar-refractivity contribution is 6.08. The first-order valence-corrected chi connectivity index (χ1v) is 16.1. The standard InChI is InChI=1S/C39H44N2O8/c1-25(38(44,27-7-15-31(46-3)16-8-27)28-9-17-32(47-4)18-10-28)40-35(42)37(23-24-37)36(43)41-26(2)39(45,29-11-19-33(48-5)20-12-29)30-13-21-34(49-6)22-14-30/h7-22,25-26,44-45H,23-24H2,1-6H3,(H,40,42)(H,41,43). The number of carbonyl (C=O) groups excluding carboxylic acids is 2. The lowest BCUT2D eigenvalue weighted by Gasteiger charge is -2.38. The van der Waals surface area contributed by atoms with E-state index in [-0.39, 0.29) is 0 Å². The number of rotatable bonds is 14. The molecule has 0 aromatic heterocycles. The number of carbonyl (C=O) groups is 2. The molecule has 1 aliphatic rings. The topological polar surface area (TPSA) is 136 Å². The molecule has 10 nitrogen and oxygen atoms in total. The summed E-state index contributed by atoms with van der Waals surface area (Å²) in [5, 5.41) is 30.6. The van der Waals surface area contributed by atoms with Gasteiger partial charge in [0.25, 0.3) is 0 Å². The minimum absolute atomic E-state index is 0.317. The van der Waals surface area contributed by atoms with Crippen molar-refractivity contribution in [2.75, 3.05) is 28.4 Å². The number of hydrogen-bond acceptors (Lipinski definition) is 8. The zero-order valence-corrected chi connectivity index (χ0v) is 28.7. The van der Waals surface area contributed by atoms with Gasteiger partial charge in [-0.05, 0) is 97.5 Å². The molecule has 2 amide bonds. The zero-order chi connectivity index (χ0) is 35.4. The van der Waals surface area contributed by atoms with Crippen molar-refractivity contribution in [3.05, 3.63) is 119 Å². The van der Waals surface area contributed by atoms with Crippen molar-refractivity contribution in [3.63, 3.8) is 0 Å². The normalized spacial score (nSPS) is 14.9. The van der Waals surface area contributed by atoms with Gasteiger partial charge in [-0.15, -0.1) is 0 Å². The van der Waals surface area contributed by atoms with Gasteiger partial charge in [0, 0.05) is 0 Å². The van der Waals surface area contributed by atoms with E-state index >= 15 is 0 Å². The van der Waals surface area contributed by atoms with Crippen LogP contribution in [0.5, 0.6) is 23.0 Å². The fourth-order valence-corrected chi connectivity index (χ4v) is 6.27. The number of aliphatic hydroxyl groups is 2. The lowest BCUT2D eigenvalue weighted by Crippen LogP contribution is -2.56. The van der Waals surface area contributed by atoms with Crippen LogP contribution in [0.3, 0.4) is 0 Å². The Morgan fingerprint density at radius 2 is 0.755 bits per heavy atom. The zero-order valence-electron chi connectivity index (χ0n) is 28.7. The van der Waals surface area contributed by atoms with E-state index in [1.165, 1.54) is 0 Å². The third kappa shape index (κ3) is 6.66. The van der Waals surface area contributed by atoms with Crippen LogP contribution < -0.4 is 29.6 Å². The number of hydrogen-bond donors (Lipinski definition) is 4. The van der Waals surface area contributed by atoms with Crippen LogP contribution in [-0.4, -0.2) is 62.6 Å². The molecule has 1 saturated carbocycles. The molecule has 49 heavy (non-hydrogen) atoms. The van der Waals surface area contributed by atoms with Crippen molar-refractivity contribution >= 4 is 11.8 Å². The van der Waals surface area contributed by atoms with Gasteiger partial charge in [0.2, 0.25) is 11.8 Å². The highest BCUT2D eigenvalue weighted by atomic mass is 16.5. The van der Waals surface area contributed by atoms with Gasteiger partial charge in [-0.25, -0.2) is 0 Å². The third-order valence-electron chi connectivity index (χ3n) is 9.69. The Balaban J connectivity index is 1.41. The maximum absolute atomic E-state index is 14.0. The summed E-state index contributed by atoms with van der Waals surface area (Å²) < 4.78 is 21.3. The van der Waals surface area contributed by atoms with Gasteiger partial charge in [0.05, 0.1) is 40.5 Å². The molecule has 0 spiro atoms. The van der Waals surface area contributed by atoms with Gasteiger partial charge in [-0.2, -0.15) is 0 Å². The summed E-state index contributed by atoms with van der Waals surface area (Å²) in [5.74, 6) is 1.44. The molecule has 0 aliphatic heterocycles. The average Bonchev–Trinajstić information content (AvgIpc) is 3.97. The molecule has 0 radical (unpaired) electrons. The first kappa shape index (κ1) is 35.3. The second kappa shape index (κ2) is 14.2. The first-order chi connectivity index (χ1) is 23.5. The molecule has 2 atom stereocenters. The molecule has 4 aromatic rings. The summed E-state index contributed by atoms with van der Waals surface area (Å²) in [4.78, 5) is 28.0. The van der Waals surface area contributed by atoms with E-state index in [1.54, 1.807) is 139 Å². The molecule has 258 valence electrons. The Labute approximate surface area is 287 Å². The van der Waals surface area contributed by atoms with Gasteiger partial charge in [-0.1, -0.05) is 48.5 Å². The molecule has 1 fully saturated rings. The molecule has 0 saturated heterocycles. The van der Waals surface area contributed by atoms with Gasteiger partial charge in [0.1, 0.15) is 39.6 Å². The van der Waals surface area contributed by atoms with E-state index in [1.807, 2.05) is 0 Å². The van der Waals surface area contributed by atoms with Crippen molar-refractivity contribution < 1.29 is 38.7 Å². The van der Waals surface area contributed by atoms with Crippen LogP contribution in [0.1, 0.15) is 48.9 Å². The van der Waals surface area contributed by atoms with Crippen molar-refractivity contribution in [1.29, 1.82) is 0 Å². The number of benzene rings is 4. The van der Waals surface area contributed by atoms with Gasteiger partial charge in [0.15, 0.2) is 0 Å². The Hall–Kier alpha value is -5.06. The fourth-order valence-electron chi connectivity index (χ4n) is 6.27. The van der Waals surface area contributed by atoms with Crippen molar-refractivity contribution in [1.82, 2.24) is 10.6 Å². The van der Waals surface area contributed by atoms with Crippen LogP contribution in [0.2, 0.25) is 0 Å². The summed E-state index contributed by atoms with van der Waals surface area (Å²) >= 11 is 0. The van der Waals surface area contributed by atoms with Crippen LogP contribution in [-0.2, 0) is 20.8 Å². The largest absolute Gasteiger partial charge is 0.497 e. The van der Waals surface area contributed by atoms with E-state index in [0.29, 0.717) is 58.1 Å². The van der Waals surface area contributed by atoms with Gasteiger partial charge < -0.3 is 39.8 Å². The SMILES string of the molecule is COc1ccc(C(O)(c2ccc(OC)cc2)C(C)NC(=O)C2(C(=O)NC(C)C(O)(c3ccc(OC)cc3)c3ccc(OC)cc3)CC2)cc1. The Kier molecular flexibility index (Phi) is 10.2. The van der Waals surface area contributed by atoms with Crippen molar-refractivity contribution in [3.8, 4) is 23.0 Å².